The molecule has 2 aliphatic rings. The van der Waals surface area contributed by atoms with Crippen molar-refractivity contribution >= 4 is 17.5 Å². The van der Waals surface area contributed by atoms with E-state index in [1.807, 2.05) is 0 Å². The maximum Gasteiger partial charge on any atom is 0.265 e. The Morgan fingerprint density at radius 1 is 1.42 bits per heavy atom. The smallest absolute Gasteiger partial charge is 0.265 e. The molecule has 0 spiro atoms. The number of primary amides is 1. The lowest BCUT2D eigenvalue weighted by atomic mass is 9.85. The van der Waals surface area contributed by atoms with Crippen molar-refractivity contribution in [3.8, 4) is 5.75 Å². The number of ether oxygens (including phenoxy) is 1. The molecule has 0 radical (unpaired) electrons. The number of hydrogen-bond acceptors (Lipinski definition) is 3. The van der Waals surface area contributed by atoms with Crippen LogP contribution in [0.1, 0.15) is 29.6 Å². The quantitative estimate of drug-likeness (QED) is 0.890. The Morgan fingerprint density at radius 2 is 2.21 bits per heavy atom. The molecule has 0 atom stereocenters. The van der Waals surface area contributed by atoms with Gasteiger partial charge in [0.05, 0.1) is 5.69 Å². The molecule has 0 saturated heterocycles. The molecule has 0 unspecified atom stereocenters. The van der Waals surface area contributed by atoms with Gasteiger partial charge in [-0.05, 0) is 37.0 Å². The van der Waals surface area contributed by atoms with Crippen LogP contribution >= 0.6 is 0 Å². The van der Waals surface area contributed by atoms with E-state index in [4.69, 9.17) is 10.5 Å². The van der Waals surface area contributed by atoms with Crippen molar-refractivity contribution in [2.24, 2.45) is 11.7 Å². The number of benzene rings is 1. The Kier molecular flexibility index (Phi) is 2.89. The van der Waals surface area contributed by atoms with Gasteiger partial charge in [-0.15, -0.1) is 0 Å². The van der Waals surface area contributed by atoms with Gasteiger partial charge in [-0.25, -0.2) is 0 Å². The number of hydrogen-bond donors (Lipinski definition) is 1. The number of nitrogens with zero attached hydrogens (tertiary/aromatic N) is 1. The lowest BCUT2D eigenvalue weighted by Gasteiger charge is -2.35. The summed E-state index contributed by atoms with van der Waals surface area (Å²) in [5.41, 5.74) is 6.35. The maximum absolute atomic E-state index is 12.0. The molecule has 5 nitrogen and oxygen atoms in total. The fourth-order valence-electron chi connectivity index (χ4n) is 2.49. The monoisotopic (exact) mass is 260 g/mol. The molecule has 0 aromatic heterocycles. The predicted molar refractivity (Wildman–Crippen MR) is 70.1 cm³/mol. The van der Waals surface area contributed by atoms with Crippen molar-refractivity contribution in [1.29, 1.82) is 0 Å². The highest BCUT2D eigenvalue weighted by Crippen LogP contribution is 2.36. The van der Waals surface area contributed by atoms with E-state index in [2.05, 4.69) is 0 Å². The van der Waals surface area contributed by atoms with Crippen molar-refractivity contribution in [2.75, 3.05) is 18.1 Å². The summed E-state index contributed by atoms with van der Waals surface area (Å²) in [7, 11) is 0. The van der Waals surface area contributed by atoms with Crippen molar-refractivity contribution in [3.63, 3.8) is 0 Å². The van der Waals surface area contributed by atoms with Crippen LogP contribution < -0.4 is 15.4 Å². The van der Waals surface area contributed by atoms with Crippen LogP contribution in [0.2, 0.25) is 0 Å². The number of carbonyl (C=O) groups is 2. The van der Waals surface area contributed by atoms with Crippen LogP contribution in [0.25, 0.3) is 0 Å². The van der Waals surface area contributed by atoms with Gasteiger partial charge in [0, 0.05) is 12.1 Å². The molecule has 19 heavy (non-hydrogen) atoms. The van der Waals surface area contributed by atoms with E-state index < -0.39 is 5.91 Å². The molecule has 1 aliphatic heterocycles. The topological polar surface area (TPSA) is 72.6 Å². The Balaban J connectivity index is 1.94. The van der Waals surface area contributed by atoms with Gasteiger partial charge in [0.25, 0.3) is 5.91 Å². The fraction of sp³-hybridized carbons (Fsp3) is 0.429. The van der Waals surface area contributed by atoms with Crippen LogP contribution in [0.15, 0.2) is 18.2 Å². The number of fused-ring (bicyclic) bond motifs is 1. The summed E-state index contributed by atoms with van der Waals surface area (Å²) in [5.74, 6) is 0.654. The first-order chi connectivity index (χ1) is 9.15. The van der Waals surface area contributed by atoms with Crippen LogP contribution in [0, 0.1) is 5.92 Å². The van der Waals surface area contributed by atoms with E-state index in [0.717, 1.165) is 12.8 Å². The SMILES string of the molecule is NC(=O)c1ccc2c(c1)N(CC1CCC1)C(=O)CO2. The summed E-state index contributed by atoms with van der Waals surface area (Å²) < 4.78 is 5.39. The molecular formula is C14H16N2O3. The summed E-state index contributed by atoms with van der Waals surface area (Å²) in [6, 6.07) is 4.97. The van der Waals surface area contributed by atoms with Gasteiger partial charge in [-0.1, -0.05) is 6.42 Å². The van der Waals surface area contributed by atoms with Gasteiger partial charge in [0.1, 0.15) is 5.75 Å². The van der Waals surface area contributed by atoms with Crippen molar-refractivity contribution < 1.29 is 14.3 Å². The van der Waals surface area contributed by atoms with E-state index in [1.165, 1.54) is 6.42 Å². The first-order valence-corrected chi connectivity index (χ1v) is 6.52. The maximum atomic E-state index is 12.0. The Hall–Kier alpha value is -2.04. The highest BCUT2D eigenvalue weighted by Gasteiger charge is 2.30. The van der Waals surface area contributed by atoms with Crippen molar-refractivity contribution in [1.82, 2.24) is 0 Å². The van der Waals surface area contributed by atoms with E-state index in [9.17, 15) is 9.59 Å². The zero-order chi connectivity index (χ0) is 13.4. The van der Waals surface area contributed by atoms with E-state index in [0.29, 0.717) is 29.5 Å². The van der Waals surface area contributed by atoms with Crippen LogP contribution in [-0.4, -0.2) is 25.0 Å². The van der Waals surface area contributed by atoms with E-state index in [-0.39, 0.29) is 12.5 Å². The van der Waals surface area contributed by atoms with E-state index >= 15 is 0 Å². The summed E-state index contributed by atoms with van der Waals surface area (Å²) in [5, 5.41) is 0. The van der Waals surface area contributed by atoms with Gasteiger partial charge in [0.2, 0.25) is 5.91 Å². The minimum absolute atomic E-state index is 0.0546. The van der Waals surface area contributed by atoms with Gasteiger partial charge >= 0.3 is 0 Å². The molecule has 1 heterocycles. The fourth-order valence-corrected chi connectivity index (χ4v) is 2.49. The van der Waals surface area contributed by atoms with Gasteiger partial charge in [0.15, 0.2) is 6.61 Å². The Labute approximate surface area is 111 Å². The van der Waals surface area contributed by atoms with Gasteiger partial charge in [-0.2, -0.15) is 0 Å². The van der Waals surface area contributed by atoms with Crippen LogP contribution in [0.5, 0.6) is 5.75 Å². The second-order valence-electron chi connectivity index (χ2n) is 5.14. The van der Waals surface area contributed by atoms with E-state index in [1.54, 1.807) is 23.1 Å². The summed E-state index contributed by atoms with van der Waals surface area (Å²) in [4.78, 5) is 25.0. The first-order valence-electron chi connectivity index (χ1n) is 6.52. The molecule has 1 aliphatic carbocycles. The van der Waals surface area contributed by atoms with Crippen molar-refractivity contribution in [3.05, 3.63) is 23.8 Å². The highest BCUT2D eigenvalue weighted by molar-refractivity contribution is 6.00. The third-order valence-electron chi connectivity index (χ3n) is 3.85. The first kappa shape index (κ1) is 12.0. The Morgan fingerprint density at radius 3 is 2.84 bits per heavy atom. The molecule has 2 N–H and O–H groups in total. The number of rotatable bonds is 3. The molecule has 1 aromatic carbocycles. The highest BCUT2D eigenvalue weighted by atomic mass is 16.5. The molecule has 5 heteroatoms. The Bertz CT molecular complexity index is 537. The average molecular weight is 260 g/mol. The lowest BCUT2D eigenvalue weighted by molar-refractivity contribution is -0.121. The molecule has 0 bridgehead atoms. The van der Waals surface area contributed by atoms with Crippen molar-refractivity contribution in [2.45, 2.75) is 19.3 Å². The van der Waals surface area contributed by atoms with Crippen LogP contribution in [-0.2, 0) is 4.79 Å². The second kappa shape index (κ2) is 4.57. The second-order valence-corrected chi connectivity index (χ2v) is 5.14. The molecule has 1 aromatic rings. The standard InChI is InChI=1S/C14H16N2O3/c15-14(18)10-4-5-12-11(6-10)16(13(17)8-19-12)7-9-2-1-3-9/h4-6,9H,1-3,7-8H2,(H2,15,18). The zero-order valence-electron chi connectivity index (χ0n) is 10.6. The average Bonchev–Trinajstić information content (AvgIpc) is 2.34. The molecule has 2 amide bonds. The summed E-state index contributed by atoms with van der Waals surface area (Å²) >= 11 is 0. The molecule has 3 rings (SSSR count). The number of carbonyl (C=O) groups excluding carboxylic acids is 2. The third kappa shape index (κ3) is 2.16. The molecular weight excluding hydrogens is 244 g/mol. The zero-order valence-corrected chi connectivity index (χ0v) is 10.6. The van der Waals surface area contributed by atoms with Gasteiger partial charge in [-0.3, -0.25) is 9.59 Å². The molecule has 1 fully saturated rings. The number of anilines is 1. The molecule has 100 valence electrons. The van der Waals surface area contributed by atoms with Crippen LogP contribution in [0.4, 0.5) is 5.69 Å². The minimum atomic E-state index is -0.496. The largest absolute Gasteiger partial charge is 0.482 e. The minimum Gasteiger partial charge on any atom is -0.482 e. The lowest BCUT2D eigenvalue weighted by Crippen LogP contribution is -2.43. The summed E-state index contributed by atoms with van der Waals surface area (Å²) in [6.07, 6.45) is 3.56. The normalized spacial score (nSPS) is 18.5. The number of nitrogens with two attached hydrogens (primary N) is 1. The molecule has 1 saturated carbocycles. The third-order valence-corrected chi connectivity index (χ3v) is 3.85. The van der Waals surface area contributed by atoms with Gasteiger partial charge < -0.3 is 15.4 Å². The van der Waals surface area contributed by atoms with Crippen LogP contribution in [0.3, 0.4) is 0 Å². The predicted octanol–water partition coefficient (Wildman–Crippen LogP) is 1.31. The summed E-state index contributed by atoms with van der Waals surface area (Å²) in [6.45, 7) is 0.771. The number of amides is 2.